The number of aliphatic hydroxyl groups is 2. The van der Waals surface area contributed by atoms with Gasteiger partial charge in [-0.25, -0.2) is 9.50 Å². The predicted molar refractivity (Wildman–Crippen MR) is 128 cm³/mol. The fourth-order valence-electron chi connectivity index (χ4n) is 4.76. The lowest BCUT2D eigenvalue weighted by molar-refractivity contribution is -0.0204. The largest absolute Gasteiger partial charge is 0.387 e. The topological polar surface area (TPSA) is 200 Å². The van der Waals surface area contributed by atoms with Gasteiger partial charge in [0, 0.05) is 12.6 Å². The normalized spacial score (nSPS) is 29.2. The van der Waals surface area contributed by atoms with Gasteiger partial charge in [0.1, 0.15) is 24.4 Å². The summed E-state index contributed by atoms with van der Waals surface area (Å²) in [7, 11) is -9.50. The first kappa shape index (κ1) is 27.8. The molecule has 2 aromatic rings. The van der Waals surface area contributed by atoms with Gasteiger partial charge in [0.05, 0.1) is 18.5 Å². The Morgan fingerprint density at radius 3 is 2.56 bits per heavy atom. The van der Waals surface area contributed by atoms with Crippen molar-refractivity contribution in [2.45, 2.75) is 64.1 Å². The minimum absolute atomic E-state index is 0.0334. The van der Waals surface area contributed by atoms with E-state index in [0.29, 0.717) is 11.5 Å². The van der Waals surface area contributed by atoms with Crippen LogP contribution in [-0.4, -0.2) is 87.9 Å². The lowest BCUT2D eigenvalue weighted by atomic mass is 9.85. The van der Waals surface area contributed by atoms with Gasteiger partial charge in [0.25, 0.3) is 0 Å². The van der Waals surface area contributed by atoms with Crippen LogP contribution in [-0.2, 0) is 18.4 Å². The lowest BCUT2D eigenvalue weighted by Gasteiger charge is -2.35. The Morgan fingerprint density at radius 2 is 1.92 bits per heavy atom. The third-order valence-electron chi connectivity index (χ3n) is 6.33. The van der Waals surface area contributed by atoms with Gasteiger partial charge in [-0.1, -0.05) is 20.8 Å². The number of hydrogen-bond donors (Lipinski definition) is 5. The predicted octanol–water partition coefficient (Wildman–Crippen LogP) is 1.29. The summed E-state index contributed by atoms with van der Waals surface area (Å²) in [5.41, 5.74) is 0.615. The highest BCUT2D eigenvalue weighted by Crippen LogP contribution is 2.55. The number of ether oxygens (including phenoxy) is 1. The number of nitrogens with zero attached hydrogens (tertiary/aromatic N) is 5. The first-order valence-corrected chi connectivity index (χ1v) is 15.2. The molecule has 2 saturated heterocycles. The zero-order valence-electron chi connectivity index (χ0n) is 19.9. The molecule has 4 heterocycles. The molecule has 36 heavy (non-hydrogen) atoms. The molecule has 0 saturated carbocycles. The molecule has 0 bridgehead atoms. The molecule has 0 aromatic carbocycles. The molecule has 2 aliphatic rings. The van der Waals surface area contributed by atoms with Gasteiger partial charge >= 0.3 is 15.2 Å². The van der Waals surface area contributed by atoms with Crippen LogP contribution in [0, 0.1) is 5.41 Å². The van der Waals surface area contributed by atoms with Crippen molar-refractivity contribution in [3.05, 3.63) is 17.2 Å². The zero-order chi connectivity index (χ0) is 26.6. The second-order valence-electron chi connectivity index (χ2n) is 10.2. The van der Waals surface area contributed by atoms with Gasteiger partial charge in [-0.15, -0.1) is 5.10 Å². The molecule has 2 aliphatic heterocycles. The number of imidazole rings is 1. The molecule has 1 unspecified atom stereocenters. The molecule has 5 N–H and O–H groups in total. The van der Waals surface area contributed by atoms with Gasteiger partial charge in [0.15, 0.2) is 17.4 Å². The quantitative estimate of drug-likeness (QED) is 0.299. The molecule has 202 valence electrons. The average Bonchev–Trinajstić information content (AvgIpc) is 3.43. The molecular weight excluding hydrogens is 540 g/mol. The third-order valence-corrected chi connectivity index (χ3v) is 9.94. The Morgan fingerprint density at radius 1 is 1.22 bits per heavy atom. The van der Waals surface area contributed by atoms with Crippen molar-refractivity contribution in [2.24, 2.45) is 5.41 Å². The van der Waals surface area contributed by atoms with Crippen LogP contribution in [0.15, 0.2) is 6.20 Å². The first-order valence-electron chi connectivity index (χ1n) is 11.3. The van der Waals surface area contributed by atoms with Crippen molar-refractivity contribution in [3.63, 3.8) is 0 Å². The van der Waals surface area contributed by atoms with Crippen LogP contribution >= 0.6 is 26.8 Å². The molecule has 14 nitrogen and oxygen atoms in total. The Bertz CT molecular complexity index is 1220. The first-order chi connectivity index (χ1) is 16.6. The molecule has 2 fully saturated rings. The molecule has 0 aliphatic carbocycles. The van der Waals surface area contributed by atoms with Gasteiger partial charge in [0.2, 0.25) is 5.28 Å². The number of rotatable bonds is 7. The van der Waals surface area contributed by atoms with E-state index in [1.807, 2.05) is 0 Å². The van der Waals surface area contributed by atoms with Gasteiger partial charge in [-0.2, -0.15) is 4.98 Å². The zero-order valence-corrected chi connectivity index (χ0v) is 22.4. The van der Waals surface area contributed by atoms with E-state index >= 15 is 0 Å². The number of anilines is 1. The van der Waals surface area contributed by atoms with E-state index in [2.05, 4.69) is 40.7 Å². The molecule has 0 radical (unpaired) electrons. The van der Waals surface area contributed by atoms with Crippen molar-refractivity contribution < 1.29 is 43.3 Å². The summed E-state index contributed by atoms with van der Waals surface area (Å²) in [6.07, 6.45) is -2.08. The lowest BCUT2D eigenvalue weighted by Crippen LogP contribution is -2.40. The van der Waals surface area contributed by atoms with Crippen molar-refractivity contribution in [1.29, 1.82) is 0 Å². The van der Waals surface area contributed by atoms with E-state index in [-0.39, 0.29) is 22.4 Å². The number of aliphatic hydroxyl groups excluding tert-OH is 2. The van der Waals surface area contributed by atoms with E-state index in [1.165, 1.54) is 10.7 Å². The minimum atomic E-state index is -4.82. The van der Waals surface area contributed by atoms with Crippen molar-refractivity contribution in [2.75, 3.05) is 24.0 Å². The maximum absolute atomic E-state index is 11.9. The fourth-order valence-corrected chi connectivity index (χ4v) is 7.49. The molecule has 6 atom stereocenters. The van der Waals surface area contributed by atoms with Crippen LogP contribution in [0.2, 0.25) is 5.28 Å². The van der Waals surface area contributed by atoms with E-state index in [0.717, 1.165) is 19.4 Å². The highest BCUT2D eigenvalue weighted by Gasteiger charge is 2.46. The van der Waals surface area contributed by atoms with Crippen LogP contribution in [0.3, 0.4) is 0 Å². The van der Waals surface area contributed by atoms with Crippen LogP contribution in [0.4, 0.5) is 5.82 Å². The Kier molecular flexibility index (Phi) is 7.62. The van der Waals surface area contributed by atoms with Crippen LogP contribution in [0.25, 0.3) is 5.65 Å². The molecular formula is C19H30ClN5O9P2. The van der Waals surface area contributed by atoms with Gasteiger partial charge in [-0.3, -0.25) is 9.13 Å². The Balaban J connectivity index is 1.60. The maximum Gasteiger partial charge on any atom is 0.340 e. The highest BCUT2D eigenvalue weighted by molar-refractivity contribution is 7.70. The molecule has 0 spiro atoms. The summed E-state index contributed by atoms with van der Waals surface area (Å²) in [6, 6.07) is 0.186. The molecule has 17 heteroatoms. The van der Waals surface area contributed by atoms with E-state index in [4.69, 9.17) is 30.6 Å². The third kappa shape index (κ3) is 5.78. The maximum atomic E-state index is 11.9. The molecule has 0 amide bonds. The van der Waals surface area contributed by atoms with Gasteiger partial charge in [-0.05, 0) is 29.9 Å². The van der Waals surface area contributed by atoms with Crippen molar-refractivity contribution in [1.82, 2.24) is 19.6 Å². The second kappa shape index (κ2) is 9.85. The molecule has 4 rings (SSSR count). The van der Waals surface area contributed by atoms with Gasteiger partial charge < -0.3 is 39.1 Å². The number of aromatic nitrogens is 4. The average molecular weight is 570 g/mol. The van der Waals surface area contributed by atoms with Crippen LogP contribution < -0.4 is 4.90 Å². The highest BCUT2D eigenvalue weighted by atomic mass is 35.5. The smallest absolute Gasteiger partial charge is 0.340 e. The number of halogens is 1. The Hall–Kier alpha value is -1.18. The number of fused-ring (bicyclic) bond motifs is 1. The van der Waals surface area contributed by atoms with E-state index < -0.39 is 52.1 Å². The second-order valence-corrected chi connectivity index (χ2v) is 14.5. The fraction of sp³-hybridized carbons (Fsp3) is 0.737. The van der Waals surface area contributed by atoms with Crippen LogP contribution in [0.1, 0.15) is 45.4 Å². The van der Waals surface area contributed by atoms with Crippen molar-refractivity contribution >= 4 is 38.3 Å². The summed E-state index contributed by atoms with van der Waals surface area (Å²) >= 11 is 6.25. The number of hydrogen-bond acceptors (Lipinski definition) is 10. The summed E-state index contributed by atoms with van der Waals surface area (Å²) in [5.74, 6) is -0.850. The Labute approximate surface area is 211 Å². The van der Waals surface area contributed by atoms with E-state index in [9.17, 15) is 24.2 Å². The summed E-state index contributed by atoms with van der Waals surface area (Å²) in [4.78, 5) is 38.6. The van der Waals surface area contributed by atoms with E-state index in [1.54, 1.807) is 0 Å². The standard InChI is InChI=1S/C19H30ClN5O9P2/c1-19(2,3)12-5-4-6-24(12)17-16-21-7-10(25(16)23-18(20)22-17)15-14(27)13(26)11(34-15)8-33-36(31,32)9-35(28,29)30/h7,11-15,26-27H,4-6,8-9H2,1-3H3,(H,31,32)(H2,28,29,30)/t11-,12+,13-,14-,15+/m1/s1. The summed E-state index contributed by atoms with van der Waals surface area (Å²) < 4.78 is 34.8. The minimum Gasteiger partial charge on any atom is -0.387 e. The van der Waals surface area contributed by atoms with Crippen molar-refractivity contribution in [3.8, 4) is 0 Å². The molecule has 2 aromatic heterocycles. The monoisotopic (exact) mass is 569 g/mol. The SMILES string of the molecule is CC(C)(C)[C@@H]1CCCN1c1nc(Cl)nn2c([C@@H]3O[C@H](COP(=O)(O)CP(=O)(O)O)[C@@H](O)[C@H]3O)cnc12. The summed E-state index contributed by atoms with van der Waals surface area (Å²) in [5, 5.41) is 25.3. The summed E-state index contributed by atoms with van der Waals surface area (Å²) in [6.45, 7) is 6.49. The van der Waals surface area contributed by atoms with Crippen LogP contribution in [0.5, 0.6) is 0 Å².